The molecule has 1 heterocycles. The van der Waals surface area contributed by atoms with Crippen molar-refractivity contribution >= 4 is 11.7 Å². The van der Waals surface area contributed by atoms with Crippen molar-refractivity contribution in [2.45, 2.75) is 19.2 Å². The second-order valence-corrected chi connectivity index (χ2v) is 5.41. The second kappa shape index (κ2) is 8.05. The number of ether oxygens (including phenoxy) is 1. The zero-order valence-corrected chi connectivity index (χ0v) is 14.4. The Balaban J connectivity index is 2.21. The molecule has 1 atom stereocenters. The molecule has 0 radical (unpaired) electrons. The van der Waals surface area contributed by atoms with Gasteiger partial charge in [0, 0.05) is 18.2 Å². The van der Waals surface area contributed by atoms with Crippen molar-refractivity contribution in [1.29, 1.82) is 0 Å². The van der Waals surface area contributed by atoms with Crippen LogP contribution in [0.15, 0.2) is 42.6 Å². The topological polar surface area (TPSA) is 63.7 Å². The van der Waals surface area contributed by atoms with E-state index in [0.717, 1.165) is 5.06 Å². The first-order valence-corrected chi connectivity index (χ1v) is 7.56. The van der Waals surface area contributed by atoms with E-state index in [9.17, 15) is 18.0 Å². The number of anilines is 1. The first-order chi connectivity index (χ1) is 12.2. The Morgan fingerprint density at radius 3 is 2.46 bits per heavy atom. The van der Waals surface area contributed by atoms with Gasteiger partial charge in [0.05, 0.1) is 19.0 Å². The summed E-state index contributed by atoms with van der Waals surface area (Å²) in [5.41, 5.74) is 0.611. The second-order valence-electron chi connectivity index (χ2n) is 5.41. The molecule has 0 bridgehead atoms. The minimum absolute atomic E-state index is 0.0275. The number of hydrogen-bond acceptors (Lipinski definition) is 4. The van der Waals surface area contributed by atoms with Gasteiger partial charge < -0.3 is 10.1 Å². The lowest BCUT2D eigenvalue weighted by Crippen LogP contribution is -2.30. The summed E-state index contributed by atoms with van der Waals surface area (Å²) in [5, 5.41) is 3.45. The summed E-state index contributed by atoms with van der Waals surface area (Å²) >= 11 is 0. The highest BCUT2D eigenvalue weighted by molar-refractivity contribution is 5.88. The standard InChI is InChI=1S/C17H18F3N3O3/c1-11-9-13(22-16(24)23(2)25-3)10-21-15(11)26-14(17(18,19)20)12-7-5-4-6-8-12/h4-10,14H,1-3H3,(H,22,24). The normalized spacial score (nSPS) is 12.4. The van der Waals surface area contributed by atoms with E-state index in [1.54, 1.807) is 6.07 Å². The molecule has 1 aromatic heterocycles. The van der Waals surface area contributed by atoms with Crippen molar-refractivity contribution in [3.8, 4) is 5.88 Å². The van der Waals surface area contributed by atoms with E-state index in [1.807, 2.05) is 0 Å². The predicted octanol–water partition coefficient (Wildman–Crippen LogP) is 4.10. The van der Waals surface area contributed by atoms with Crippen LogP contribution in [0.1, 0.15) is 17.2 Å². The fraction of sp³-hybridized carbons (Fsp3) is 0.294. The largest absolute Gasteiger partial charge is 0.460 e. The molecule has 9 heteroatoms. The number of carbonyl (C=O) groups is 1. The number of amides is 2. The number of nitrogens with one attached hydrogen (secondary N) is 1. The third-order valence-electron chi connectivity index (χ3n) is 3.47. The highest BCUT2D eigenvalue weighted by atomic mass is 19.4. The van der Waals surface area contributed by atoms with Gasteiger partial charge in [-0.25, -0.2) is 14.8 Å². The average molecular weight is 369 g/mol. The van der Waals surface area contributed by atoms with Crippen molar-refractivity contribution < 1.29 is 27.5 Å². The molecule has 0 saturated heterocycles. The van der Waals surface area contributed by atoms with Gasteiger partial charge in [0.15, 0.2) is 0 Å². The number of aryl methyl sites for hydroxylation is 1. The summed E-state index contributed by atoms with van der Waals surface area (Å²) in [5.74, 6) is -0.172. The molecule has 2 aromatic rings. The molecule has 6 nitrogen and oxygen atoms in total. The van der Waals surface area contributed by atoms with E-state index in [1.165, 1.54) is 57.6 Å². The molecule has 0 aliphatic heterocycles. The molecule has 0 saturated carbocycles. The summed E-state index contributed by atoms with van der Waals surface area (Å²) in [6.07, 6.45) is -5.54. The Morgan fingerprint density at radius 1 is 1.27 bits per heavy atom. The van der Waals surface area contributed by atoms with Crippen LogP contribution in [0.5, 0.6) is 5.88 Å². The zero-order chi connectivity index (χ0) is 19.3. The number of pyridine rings is 1. The number of benzene rings is 1. The fourth-order valence-electron chi connectivity index (χ4n) is 2.10. The van der Waals surface area contributed by atoms with Gasteiger partial charge in [0.25, 0.3) is 0 Å². The number of alkyl halides is 3. The molecule has 2 rings (SSSR count). The number of rotatable bonds is 5. The number of urea groups is 1. The molecule has 0 aliphatic carbocycles. The quantitative estimate of drug-likeness (QED) is 0.806. The Morgan fingerprint density at radius 2 is 1.92 bits per heavy atom. The lowest BCUT2D eigenvalue weighted by molar-refractivity contribution is -0.198. The van der Waals surface area contributed by atoms with E-state index in [2.05, 4.69) is 10.3 Å². The Kier molecular flexibility index (Phi) is 6.04. The summed E-state index contributed by atoms with van der Waals surface area (Å²) in [6, 6.07) is 8.20. The van der Waals surface area contributed by atoms with E-state index < -0.39 is 18.3 Å². The third-order valence-corrected chi connectivity index (χ3v) is 3.47. The molecule has 0 fully saturated rings. The molecule has 2 amide bonds. The summed E-state index contributed by atoms with van der Waals surface area (Å²) < 4.78 is 45.3. The van der Waals surface area contributed by atoms with Gasteiger partial charge in [0.1, 0.15) is 0 Å². The molecule has 1 unspecified atom stereocenters. The minimum Gasteiger partial charge on any atom is -0.460 e. The molecular weight excluding hydrogens is 351 g/mol. The molecule has 1 aromatic carbocycles. The third kappa shape index (κ3) is 4.85. The highest BCUT2D eigenvalue weighted by Crippen LogP contribution is 2.37. The van der Waals surface area contributed by atoms with Gasteiger partial charge in [-0.3, -0.25) is 4.84 Å². The van der Waals surface area contributed by atoms with E-state index >= 15 is 0 Å². The van der Waals surface area contributed by atoms with Gasteiger partial charge >= 0.3 is 12.2 Å². The van der Waals surface area contributed by atoms with Gasteiger partial charge in [-0.1, -0.05) is 30.3 Å². The monoisotopic (exact) mass is 369 g/mol. The van der Waals surface area contributed by atoms with E-state index in [-0.39, 0.29) is 11.4 Å². The van der Waals surface area contributed by atoms with Crippen LogP contribution < -0.4 is 10.1 Å². The van der Waals surface area contributed by atoms with Gasteiger partial charge in [-0.15, -0.1) is 0 Å². The lowest BCUT2D eigenvalue weighted by Gasteiger charge is -2.22. The number of carbonyl (C=O) groups excluding carboxylic acids is 1. The highest BCUT2D eigenvalue weighted by Gasteiger charge is 2.43. The maximum absolute atomic E-state index is 13.4. The maximum atomic E-state index is 13.4. The zero-order valence-electron chi connectivity index (χ0n) is 14.4. The van der Waals surface area contributed by atoms with Gasteiger partial charge in [0.2, 0.25) is 12.0 Å². The molecule has 26 heavy (non-hydrogen) atoms. The van der Waals surface area contributed by atoms with Crippen LogP contribution in [0.3, 0.4) is 0 Å². The number of nitrogens with zero attached hydrogens (tertiary/aromatic N) is 2. The smallest absolute Gasteiger partial charge is 0.429 e. The van der Waals surface area contributed by atoms with Gasteiger partial charge in [-0.05, 0) is 13.0 Å². The number of aromatic nitrogens is 1. The molecule has 0 spiro atoms. The lowest BCUT2D eigenvalue weighted by atomic mass is 10.1. The number of halogens is 3. The Bertz CT molecular complexity index is 754. The number of hydroxylamine groups is 2. The summed E-state index contributed by atoms with van der Waals surface area (Å²) in [7, 11) is 2.72. The molecule has 0 aliphatic rings. The average Bonchev–Trinajstić information content (AvgIpc) is 2.60. The summed E-state index contributed by atoms with van der Waals surface area (Å²) in [6.45, 7) is 1.54. The number of hydrogen-bond donors (Lipinski definition) is 1. The van der Waals surface area contributed by atoms with Crippen LogP contribution >= 0.6 is 0 Å². The van der Waals surface area contributed by atoms with Crippen molar-refractivity contribution in [2.75, 3.05) is 19.5 Å². The molecular formula is C17H18F3N3O3. The van der Waals surface area contributed by atoms with Crippen LogP contribution in [0.25, 0.3) is 0 Å². The first kappa shape index (κ1) is 19.5. The maximum Gasteiger partial charge on any atom is 0.429 e. The first-order valence-electron chi connectivity index (χ1n) is 7.56. The van der Waals surface area contributed by atoms with Crippen molar-refractivity contribution in [3.05, 3.63) is 53.7 Å². The van der Waals surface area contributed by atoms with Gasteiger partial charge in [-0.2, -0.15) is 13.2 Å². The summed E-state index contributed by atoms with van der Waals surface area (Å²) in [4.78, 5) is 20.3. The Hall–Kier alpha value is -2.81. The molecule has 1 N–H and O–H groups in total. The van der Waals surface area contributed by atoms with Crippen molar-refractivity contribution in [1.82, 2.24) is 10.0 Å². The van der Waals surface area contributed by atoms with E-state index in [0.29, 0.717) is 11.3 Å². The van der Waals surface area contributed by atoms with Crippen LogP contribution in [-0.2, 0) is 4.84 Å². The van der Waals surface area contributed by atoms with Crippen LogP contribution in [-0.4, -0.2) is 36.4 Å². The van der Waals surface area contributed by atoms with E-state index in [4.69, 9.17) is 9.57 Å². The minimum atomic E-state index is -4.61. The van der Waals surface area contributed by atoms with Crippen LogP contribution in [0, 0.1) is 6.92 Å². The van der Waals surface area contributed by atoms with Crippen molar-refractivity contribution in [2.24, 2.45) is 0 Å². The fourth-order valence-corrected chi connectivity index (χ4v) is 2.10. The van der Waals surface area contributed by atoms with Crippen LogP contribution in [0.2, 0.25) is 0 Å². The predicted molar refractivity (Wildman–Crippen MR) is 88.6 cm³/mol. The van der Waals surface area contributed by atoms with Crippen molar-refractivity contribution in [3.63, 3.8) is 0 Å². The van der Waals surface area contributed by atoms with Crippen LogP contribution in [0.4, 0.5) is 23.7 Å². The molecule has 140 valence electrons. The SMILES string of the molecule is CON(C)C(=O)Nc1cnc(OC(c2ccccc2)C(F)(F)F)c(C)c1. The Labute approximate surface area is 148 Å².